The third-order valence-corrected chi connectivity index (χ3v) is 5.06. The van der Waals surface area contributed by atoms with Gasteiger partial charge < -0.3 is 0 Å². The van der Waals surface area contributed by atoms with Crippen LogP contribution in [-0.4, -0.2) is 5.78 Å². The van der Waals surface area contributed by atoms with Crippen molar-refractivity contribution in [1.82, 2.24) is 0 Å². The fraction of sp³-hybridized carbons (Fsp3) is 0.312. The Labute approximate surface area is 133 Å². The first-order valence-corrected chi connectivity index (χ1v) is 8.15. The van der Waals surface area contributed by atoms with Gasteiger partial charge in [-0.15, -0.1) is 11.3 Å². The normalized spacial score (nSPS) is 14.0. The summed E-state index contributed by atoms with van der Waals surface area (Å²) in [6.07, 6.45) is 0.931. The lowest BCUT2D eigenvalue weighted by atomic mass is 9.81. The molecule has 0 aliphatic rings. The van der Waals surface area contributed by atoms with E-state index in [1.165, 1.54) is 11.3 Å². The van der Waals surface area contributed by atoms with E-state index >= 15 is 0 Å². The van der Waals surface area contributed by atoms with Gasteiger partial charge >= 0.3 is 0 Å². The topological polar surface area (TPSA) is 17.1 Å². The molecule has 0 fully saturated rings. The van der Waals surface area contributed by atoms with Gasteiger partial charge in [0.05, 0.1) is 10.3 Å². The Morgan fingerprint density at radius 2 is 1.90 bits per heavy atom. The Hall–Kier alpha value is -0.830. The van der Waals surface area contributed by atoms with Crippen molar-refractivity contribution in [2.75, 3.05) is 0 Å². The highest BCUT2D eigenvalue weighted by Crippen LogP contribution is 2.37. The molecular weight excluding hydrogens is 311 g/mol. The molecule has 1 heterocycles. The van der Waals surface area contributed by atoms with Crippen molar-refractivity contribution in [2.45, 2.75) is 26.2 Å². The molecule has 2 aromatic rings. The van der Waals surface area contributed by atoms with Crippen LogP contribution in [0.3, 0.4) is 0 Å². The Morgan fingerprint density at radius 3 is 2.40 bits per heavy atom. The highest BCUT2D eigenvalue weighted by atomic mass is 35.5. The first kappa shape index (κ1) is 15.6. The smallest absolute Gasteiger partial charge is 0.172 e. The molecule has 2 atom stereocenters. The first-order chi connectivity index (χ1) is 9.54. The van der Waals surface area contributed by atoms with Crippen molar-refractivity contribution in [3.8, 4) is 0 Å². The number of benzene rings is 1. The summed E-state index contributed by atoms with van der Waals surface area (Å²) >= 11 is 13.3. The van der Waals surface area contributed by atoms with Crippen molar-refractivity contribution in [3.63, 3.8) is 0 Å². The summed E-state index contributed by atoms with van der Waals surface area (Å²) in [4.78, 5) is 12.8. The maximum Gasteiger partial charge on any atom is 0.172 e. The minimum absolute atomic E-state index is 0.0544. The van der Waals surface area contributed by atoms with Crippen molar-refractivity contribution in [3.05, 3.63) is 56.2 Å². The minimum atomic E-state index is -0.177. The van der Waals surface area contributed by atoms with E-state index in [1.807, 2.05) is 30.3 Å². The minimum Gasteiger partial charge on any atom is -0.293 e. The van der Waals surface area contributed by atoms with E-state index in [9.17, 15) is 4.79 Å². The third kappa shape index (κ3) is 3.25. The molecule has 1 aromatic heterocycles. The van der Waals surface area contributed by atoms with Crippen molar-refractivity contribution < 1.29 is 4.79 Å². The average molecular weight is 327 g/mol. The van der Waals surface area contributed by atoms with Gasteiger partial charge in [0.2, 0.25) is 0 Å². The number of carbonyl (C=O) groups excluding carboxylic acids is 1. The molecule has 0 aliphatic carbocycles. The zero-order chi connectivity index (χ0) is 14.7. The molecule has 2 unspecified atom stereocenters. The molecule has 1 nitrogen and oxygen atoms in total. The maximum atomic E-state index is 12.8. The van der Waals surface area contributed by atoms with Crippen LogP contribution in [0.5, 0.6) is 0 Å². The van der Waals surface area contributed by atoms with E-state index in [1.54, 1.807) is 6.07 Å². The summed E-state index contributed by atoms with van der Waals surface area (Å²) in [6, 6.07) is 11.5. The van der Waals surface area contributed by atoms with Crippen LogP contribution in [0, 0.1) is 5.92 Å². The monoisotopic (exact) mass is 326 g/mol. The largest absolute Gasteiger partial charge is 0.293 e. The molecule has 20 heavy (non-hydrogen) atoms. The van der Waals surface area contributed by atoms with Crippen LogP contribution in [0.2, 0.25) is 8.67 Å². The fourth-order valence-corrected chi connectivity index (χ4v) is 3.78. The lowest BCUT2D eigenvalue weighted by molar-refractivity contribution is 0.0932. The van der Waals surface area contributed by atoms with Crippen LogP contribution in [0.25, 0.3) is 0 Å². The Balaban J connectivity index is 2.42. The number of thiophene rings is 1. The standard InChI is InChI=1S/C16H16Cl2OS/c1-3-10(2)14(11-7-5-4-6-8-11)15(19)12-9-13(17)20-16(12)18/h4-10,14H,3H2,1-2H3. The van der Waals surface area contributed by atoms with Gasteiger partial charge in [-0.25, -0.2) is 0 Å². The highest BCUT2D eigenvalue weighted by molar-refractivity contribution is 7.20. The van der Waals surface area contributed by atoms with E-state index in [0.29, 0.717) is 14.2 Å². The van der Waals surface area contributed by atoms with Crippen LogP contribution < -0.4 is 0 Å². The average Bonchev–Trinajstić information content (AvgIpc) is 2.79. The van der Waals surface area contributed by atoms with Crippen LogP contribution in [-0.2, 0) is 0 Å². The zero-order valence-corrected chi connectivity index (χ0v) is 13.7. The Bertz CT molecular complexity index is 592. The highest BCUT2D eigenvalue weighted by Gasteiger charge is 2.29. The van der Waals surface area contributed by atoms with Crippen LogP contribution in [0.15, 0.2) is 36.4 Å². The second kappa shape index (κ2) is 6.75. The fourth-order valence-electron chi connectivity index (χ4n) is 2.31. The number of ketones is 1. The predicted octanol–water partition coefficient (Wildman–Crippen LogP) is 6.07. The summed E-state index contributed by atoms with van der Waals surface area (Å²) in [5, 5.41) is 0. The number of Topliss-reactive ketones (excluding diaryl/α,β-unsaturated/α-hetero) is 1. The number of carbonyl (C=O) groups is 1. The molecule has 4 heteroatoms. The predicted molar refractivity (Wildman–Crippen MR) is 87.3 cm³/mol. The van der Waals surface area contributed by atoms with Gasteiger partial charge in [-0.05, 0) is 17.5 Å². The van der Waals surface area contributed by atoms with Gasteiger partial charge in [0.1, 0.15) is 4.34 Å². The van der Waals surface area contributed by atoms with Crippen LogP contribution in [0.1, 0.15) is 42.1 Å². The summed E-state index contributed by atoms with van der Waals surface area (Å²) in [7, 11) is 0. The SMILES string of the molecule is CCC(C)C(C(=O)c1cc(Cl)sc1Cl)c1ccccc1. The molecule has 0 saturated carbocycles. The van der Waals surface area contributed by atoms with Crippen molar-refractivity contribution >= 4 is 40.3 Å². The molecular formula is C16H16Cl2OS. The van der Waals surface area contributed by atoms with E-state index in [-0.39, 0.29) is 17.6 Å². The lowest BCUT2D eigenvalue weighted by Gasteiger charge is -2.22. The molecule has 0 bridgehead atoms. The van der Waals surface area contributed by atoms with E-state index < -0.39 is 0 Å². The molecule has 0 aliphatic heterocycles. The summed E-state index contributed by atoms with van der Waals surface area (Å²) in [5.74, 6) is 0.128. The Morgan fingerprint density at radius 1 is 1.25 bits per heavy atom. The van der Waals surface area contributed by atoms with Gasteiger partial charge in [-0.2, -0.15) is 0 Å². The second-order valence-corrected chi connectivity index (χ2v) is 7.16. The van der Waals surface area contributed by atoms with E-state index in [2.05, 4.69) is 13.8 Å². The van der Waals surface area contributed by atoms with Gasteiger partial charge in [-0.1, -0.05) is 73.8 Å². The number of rotatable bonds is 5. The quantitative estimate of drug-likeness (QED) is 0.609. The molecule has 0 amide bonds. The summed E-state index contributed by atoms with van der Waals surface area (Å²) < 4.78 is 1.03. The molecule has 1 aromatic carbocycles. The molecule has 106 valence electrons. The maximum absolute atomic E-state index is 12.8. The van der Waals surface area contributed by atoms with Crippen molar-refractivity contribution in [1.29, 1.82) is 0 Å². The number of halogens is 2. The van der Waals surface area contributed by atoms with Crippen LogP contribution >= 0.6 is 34.5 Å². The zero-order valence-electron chi connectivity index (χ0n) is 11.4. The van der Waals surface area contributed by atoms with Crippen LogP contribution in [0.4, 0.5) is 0 Å². The number of hydrogen-bond donors (Lipinski definition) is 0. The molecule has 0 radical (unpaired) electrons. The lowest BCUT2D eigenvalue weighted by Crippen LogP contribution is -2.19. The molecule has 2 rings (SSSR count). The summed E-state index contributed by atoms with van der Waals surface area (Å²) in [5.41, 5.74) is 1.57. The van der Waals surface area contributed by atoms with E-state index in [4.69, 9.17) is 23.2 Å². The van der Waals surface area contributed by atoms with Gasteiger partial charge in [0.25, 0.3) is 0 Å². The second-order valence-electron chi connectivity index (χ2n) is 4.88. The third-order valence-electron chi connectivity index (χ3n) is 3.58. The molecule has 0 N–H and O–H groups in total. The molecule has 0 saturated heterocycles. The van der Waals surface area contributed by atoms with E-state index in [0.717, 1.165) is 12.0 Å². The first-order valence-electron chi connectivity index (χ1n) is 6.58. The number of hydrogen-bond acceptors (Lipinski definition) is 2. The van der Waals surface area contributed by atoms with Gasteiger partial charge in [-0.3, -0.25) is 4.79 Å². The summed E-state index contributed by atoms with van der Waals surface area (Å²) in [6.45, 7) is 4.19. The van der Waals surface area contributed by atoms with Crippen molar-refractivity contribution in [2.24, 2.45) is 5.92 Å². The van der Waals surface area contributed by atoms with Gasteiger partial charge in [0.15, 0.2) is 5.78 Å². The molecule has 0 spiro atoms. The Kier molecular flexibility index (Phi) is 5.25. The van der Waals surface area contributed by atoms with Gasteiger partial charge in [0, 0.05) is 5.56 Å².